The van der Waals surface area contributed by atoms with Crippen molar-refractivity contribution in [3.8, 4) is 0 Å². The molecule has 0 fully saturated rings. The van der Waals surface area contributed by atoms with E-state index >= 15 is 0 Å². The lowest BCUT2D eigenvalue weighted by Gasteiger charge is -2.21. The van der Waals surface area contributed by atoms with Gasteiger partial charge in [-0.2, -0.15) is 0 Å². The zero-order valence-electron chi connectivity index (χ0n) is 15.6. The third-order valence-electron chi connectivity index (χ3n) is 4.02. The van der Waals surface area contributed by atoms with Crippen molar-refractivity contribution in [2.45, 2.75) is 26.3 Å². The molecular formula is C17H23N3O7. The maximum absolute atomic E-state index is 12.2. The van der Waals surface area contributed by atoms with E-state index in [1.807, 2.05) is 6.92 Å². The number of nitro benzene ring substituents is 1. The topological polar surface area (TPSA) is 137 Å². The van der Waals surface area contributed by atoms with Crippen molar-refractivity contribution in [2.75, 3.05) is 26.1 Å². The maximum atomic E-state index is 12.2. The van der Waals surface area contributed by atoms with Gasteiger partial charge in [0.15, 0.2) is 6.61 Å². The Balaban J connectivity index is 2.81. The van der Waals surface area contributed by atoms with Crippen LogP contribution in [-0.4, -0.2) is 49.6 Å². The van der Waals surface area contributed by atoms with Crippen molar-refractivity contribution in [2.24, 2.45) is 5.92 Å². The van der Waals surface area contributed by atoms with Crippen LogP contribution in [0.2, 0.25) is 0 Å². The minimum atomic E-state index is -0.906. The van der Waals surface area contributed by atoms with Crippen LogP contribution >= 0.6 is 0 Å². The van der Waals surface area contributed by atoms with Gasteiger partial charge < -0.3 is 20.1 Å². The van der Waals surface area contributed by atoms with Crippen molar-refractivity contribution in [1.82, 2.24) is 5.32 Å². The van der Waals surface area contributed by atoms with Crippen LogP contribution in [0.25, 0.3) is 0 Å². The SMILES string of the molecule is CC[C@@H](C)[C@@H](NC(=O)COC(=O)c1cc([N+](=O)[O-])ccc1NC)C(=O)OC. The van der Waals surface area contributed by atoms with Gasteiger partial charge in [0.25, 0.3) is 11.6 Å². The number of nitrogens with zero attached hydrogens (tertiary/aromatic N) is 1. The molecule has 0 saturated heterocycles. The molecule has 0 spiro atoms. The van der Waals surface area contributed by atoms with Gasteiger partial charge in [0.1, 0.15) is 6.04 Å². The van der Waals surface area contributed by atoms with Crippen LogP contribution in [0.1, 0.15) is 30.6 Å². The van der Waals surface area contributed by atoms with Crippen LogP contribution in [0.3, 0.4) is 0 Å². The molecule has 0 aliphatic carbocycles. The second-order valence-electron chi connectivity index (χ2n) is 5.77. The average molecular weight is 381 g/mol. The monoisotopic (exact) mass is 381 g/mol. The molecule has 0 aliphatic heterocycles. The molecule has 1 amide bonds. The fourth-order valence-corrected chi connectivity index (χ4v) is 2.25. The predicted octanol–water partition coefficient (Wildman–Crippen LogP) is 1.50. The highest BCUT2D eigenvalue weighted by Crippen LogP contribution is 2.22. The molecule has 0 saturated carbocycles. The fraction of sp³-hybridized carbons (Fsp3) is 0.471. The van der Waals surface area contributed by atoms with Crippen LogP contribution in [-0.2, 0) is 19.1 Å². The lowest BCUT2D eigenvalue weighted by molar-refractivity contribution is -0.384. The highest BCUT2D eigenvalue weighted by Gasteiger charge is 2.27. The summed E-state index contributed by atoms with van der Waals surface area (Å²) in [7, 11) is 2.75. The number of benzene rings is 1. The second-order valence-corrected chi connectivity index (χ2v) is 5.77. The summed E-state index contributed by atoms with van der Waals surface area (Å²) in [5.74, 6) is -2.36. The van der Waals surface area contributed by atoms with Crippen molar-refractivity contribution < 1.29 is 28.8 Å². The minimum Gasteiger partial charge on any atom is -0.467 e. The predicted molar refractivity (Wildman–Crippen MR) is 96.3 cm³/mol. The molecule has 0 unspecified atom stereocenters. The smallest absolute Gasteiger partial charge is 0.341 e. The summed E-state index contributed by atoms with van der Waals surface area (Å²) in [6.45, 7) is 2.99. The van der Waals surface area contributed by atoms with Gasteiger partial charge in [-0.05, 0) is 12.0 Å². The summed E-state index contributed by atoms with van der Waals surface area (Å²) < 4.78 is 9.59. The number of hydrogen-bond acceptors (Lipinski definition) is 8. The molecule has 0 heterocycles. The minimum absolute atomic E-state index is 0.0778. The molecule has 0 bridgehead atoms. The third kappa shape index (κ3) is 5.94. The van der Waals surface area contributed by atoms with Gasteiger partial charge in [-0.25, -0.2) is 9.59 Å². The van der Waals surface area contributed by atoms with Gasteiger partial charge in [-0.3, -0.25) is 14.9 Å². The Morgan fingerprint density at radius 2 is 1.96 bits per heavy atom. The Hall–Kier alpha value is -3.17. The number of ether oxygens (including phenoxy) is 2. The Bertz CT molecular complexity index is 720. The Labute approximate surface area is 156 Å². The number of esters is 2. The molecular weight excluding hydrogens is 358 g/mol. The first-order valence-corrected chi connectivity index (χ1v) is 8.25. The number of anilines is 1. The van der Waals surface area contributed by atoms with E-state index < -0.39 is 35.4 Å². The Morgan fingerprint density at radius 3 is 2.48 bits per heavy atom. The molecule has 2 atom stereocenters. The van der Waals surface area contributed by atoms with E-state index in [4.69, 9.17) is 4.74 Å². The number of nitro groups is 1. The number of carbonyl (C=O) groups excluding carboxylic acids is 3. The summed E-state index contributed by atoms with van der Waals surface area (Å²) in [5.41, 5.74) is -0.0445. The van der Waals surface area contributed by atoms with Gasteiger partial charge in [0, 0.05) is 24.9 Å². The number of hydrogen-bond donors (Lipinski definition) is 2. The molecule has 2 N–H and O–H groups in total. The van der Waals surface area contributed by atoms with Crippen LogP contribution in [0.4, 0.5) is 11.4 Å². The summed E-state index contributed by atoms with van der Waals surface area (Å²) in [5, 5.41) is 16.1. The van der Waals surface area contributed by atoms with Crippen molar-refractivity contribution >= 4 is 29.2 Å². The van der Waals surface area contributed by atoms with Crippen LogP contribution < -0.4 is 10.6 Å². The van der Waals surface area contributed by atoms with E-state index in [2.05, 4.69) is 15.4 Å². The number of amides is 1. The first-order chi connectivity index (χ1) is 12.7. The summed E-state index contributed by atoms with van der Waals surface area (Å²) >= 11 is 0. The fourth-order valence-electron chi connectivity index (χ4n) is 2.25. The van der Waals surface area contributed by atoms with Gasteiger partial charge in [-0.15, -0.1) is 0 Å². The van der Waals surface area contributed by atoms with E-state index in [0.29, 0.717) is 12.1 Å². The summed E-state index contributed by atoms with van der Waals surface area (Å²) in [4.78, 5) is 46.3. The molecule has 148 valence electrons. The number of carbonyl (C=O) groups is 3. The first kappa shape index (κ1) is 21.9. The van der Waals surface area contributed by atoms with Crippen molar-refractivity contribution in [3.05, 3.63) is 33.9 Å². The van der Waals surface area contributed by atoms with Gasteiger partial charge in [-0.1, -0.05) is 20.3 Å². The van der Waals surface area contributed by atoms with Crippen LogP contribution in [0, 0.1) is 16.0 Å². The summed E-state index contributed by atoms with van der Waals surface area (Å²) in [6.07, 6.45) is 0.624. The van der Waals surface area contributed by atoms with Gasteiger partial charge in [0.2, 0.25) is 0 Å². The van der Waals surface area contributed by atoms with Crippen molar-refractivity contribution in [3.63, 3.8) is 0 Å². The molecule has 27 heavy (non-hydrogen) atoms. The highest BCUT2D eigenvalue weighted by atomic mass is 16.6. The molecule has 1 rings (SSSR count). The van der Waals surface area contributed by atoms with E-state index in [0.717, 1.165) is 6.07 Å². The van der Waals surface area contributed by atoms with E-state index in [-0.39, 0.29) is 17.2 Å². The lowest BCUT2D eigenvalue weighted by Crippen LogP contribution is -2.47. The number of methoxy groups -OCH3 is 1. The van der Waals surface area contributed by atoms with Gasteiger partial charge >= 0.3 is 11.9 Å². The lowest BCUT2D eigenvalue weighted by atomic mass is 9.99. The first-order valence-electron chi connectivity index (χ1n) is 8.25. The normalized spacial score (nSPS) is 12.4. The molecule has 10 heteroatoms. The zero-order valence-corrected chi connectivity index (χ0v) is 15.6. The summed E-state index contributed by atoms with van der Waals surface area (Å²) in [6, 6.07) is 2.80. The molecule has 0 aromatic heterocycles. The van der Waals surface area contributed by atoms with E-state index in [1.165, 1.54) is 26.3 Å². The second kappa shape index (κ2) is 10.1. The Morgan fingerprint density at radius 1 is 1.30 bits per heavy atom. The number of non-ortho nitro benzene ring substituents is 1. The zero-order chi connectivity index (χ0) is 20.6. The van der Waals surface area contributed by atoms with Gasteiger partial charge in [0.05, 0.1) is 17.6 Å². The molecule has 1 aromatic rings. The largest absolute Gasteiger partial charge is 0.467 e. The molecule has 10 nitrogen and oxygen atoms in total. The molecule has 0 aliphatic rings. The van der Waals surface area contributed by atoms with Crippen LogP contribution in [0.5, 0.6) is 0 Å². The molecule has 1 aromatic carbocycles. The quantitative estimate of drug-likeness (QED) is 0.373. The number of rotatable bonds is 9. The van der Waals surface area contributed by atoms with E-state index in [9.17, 15) is 24.5 Å². The maximum Gasteiger partial charge on any atom is 0.341 e. The van der Waals surface area contributed by atoms with Crippen molar-refractivity contribution in [1.29, 1.82) is 0 Å². The Kier molecular flexibility index (Phi) is 8.18. The van der Waals surface area contributed by atoms with E-state index in [1.54, 1.807) is 6.92 Å². The third-order valence-corrected chi connectivity index (χ3v) is 4.02. The standard InChI is InChI=1S/C17H23N3O7/c1-5-10(2)15(17(23)26-4)19-14(21)9-27-16(22)12-8-11(20(24)25)6-7-13(12)18-3/h6-8,10,15,18H,5,9H2,1-4H3,(H,19,21)/t10-,15-/m1/s1. The number of nitrogens with one attached hydrogen (secondary N) is 2. The highest BCUT2D eigenvalue weighted by molar-refractivity contribution is 5.97. The average Bonchev–Trinajstić information content (AvgIpc) is 2.68. The molecule has 0 radical (unpaired) electrons. The van der Waals surface area contributed by atoms with Crippen LogP contribution in [0.15, 0.2) is 18.2 Å².